The van der Waals surface area contributed by atoms with Crippen LogP contribution in [0, 0.1) is 0 Å². The summed E-state index contributed by atoms with van der Waals surface area (Å²) in [6.07, 6.45) is 5.81. The minimum Gasteiger partial charge on any atom is -0.478 e. The maximum atomic E-state index is 11.8. The predicted molar refractivity (Wildman–Crippen MR) is 85.3 cm³/mol. The standard InChI is InChI=1S/C17H19N3O3/c1-23-8-7-20-6-4-14-13(11-20)10-19-16(15(14)17(21)22)12-3-2-5-18-9-12/h2-3,5,9-10H,4,6-8,11H2,1H3,(H,21,22). The molecule has 6 heteroatoms. The summed E-state index contributed by atoms with van der Waals surface area (Å²) in [5.41, 5.74) is 3.41. The van der Waals surface area contributed by atoms with E-state index in [0.717, 1.165) is 29.8 Å². The quantitative estimate of drug-likeness (QED) is 0.908. The van der Waals surface area contributed by atoms with Gasteiger partial charge in [-0.05, 0) is 29.7 Å². The van der Waals surface area contributed by atoms with Crippen LogP contribution in [0.4, 0.5) is 0 Å². The molecule has 0 spiro atoms. The average Bonchev–Trinajstić information content (AvgIpc) is 2.59. The summed E-state index contributed by atoms with van der Waals surface area (Å²) in [6.45, 7) is 3.04. The van der Waals surface area contributed by atoms with Crippen LogP contribution in [0.5, 0.6) is 0 Å². The van der Waals surface area contributed by atoms with Gasteiger partial charge in [0.2, 0.25) is 0 Å². The first kappa shape index (κ1) is 15.6. The highest BCUT2D eigenvalue weighted by molar-refractivity contribution is 5.96. The fraction of sp³-hybridized carbons (Fsp3) is 0.353. The summed E-state index contributed by atoms with van der Waals surface area (Å²) in [4.78, 5) is 22.6. The van der Waals surface area contributed by atoms with Crippen molar-refractivity contribution >= 4 is 5.97 Å². The molecule has 0 radical (unpaired) electrons. The van der Waals surface area contributed by atoms with E-state index >= 15 is 0 Å². The van der Waals surface area contributed by atoms with Crippen LogP contribution in [0.15, 0.2) is 30.7 Å². The van der Waals surface area contributed by atoms with Crippen molar-refractivity contribution in [2.45, 2.75) is 13.0 Å². The number of methoxy groups -OCH3 is 1. The van der Waals surface area contributed by atoms with Gasteiger partial charge in [-0.15, -0.1) is 0 Å². The second-order valence-electron chi connectivity index (χ2n) is 5.55. The first-order valence-corrected chi connectivity index (χ1v) is 7.56. The number of carboxylic acid groups (broad SMARTS) is 1. The molecular weight excluding hydrogens is 294 g/mol. The number of carbonyl (C=O) groups is 1. The third kappa shape index (κ3) is 3.23. The highest BCUT2D eigenvalue weighted by atomic mass is 16.5. The second kappa shape index (κ2) is 6.85. The molecule has 3 heterocycles. The van der Waals surface area contributed by atoms with Crippen LogP contribution >= 0.6 is 0 Å². The van der Waals surface area contributed by atoms with E-state index in [9.17, 15) is 9.90 Å². The van der Waals surface area contributed by atoms with Gasteiger partial charge in [-0.3, -0.25) is 14.9 Å². The molecule has 0 atom stereocenters. The van der Waals surface area contributed by atoms with Gasteiger partial charge >= 0.3 is 5.97 Å². The molecule has 0 fully saturated rings. The van der Waals surface area contributed by atoms with Crippen LogP contribution in [0.1, 0.15) is 21.5 Å². The molecule has 2 aromatic heterocycles. The van der Waals surface area contributed by atoms with Gasteiger partial charge in [0, 0.05) is 50.9 Å². The van der Waals surface area contributed by atoms with Crippen molar-refractivity contribution in [1.29, 1.82) is 0 Å². The Morgan fingerprint density at radius 2 is 2.30 bits per heavy atom. The number of carboxylic acids is 1. The zero-order chi connectivity index (χ0) is 16.2. The first-order valence-electron chi connectivity index (χ1n) is 7.56. The lowest BCUT2D eigenvalue weighted by atomic mass is 9.93. The maximum absolute atomic E-state index is 11.8. The van der Waals surface area contributed by atoms with Crippen molar-refractivity contribution in [1.82, 2.24) is 14.9 Å². The number of fused-ring (bicyclic) bond motifs is 1. The fourth-order valence-electron chi connectivity index (χ4n) is 2.96. The summed E-state index contributed by atoms with van der Waals surface area (Å²) < 4.78 is 5.11. The highest BCUT2D eigenvalue weighted by Crippen LogP contribution is 2.29. The molecule has 3 rings (SSSR count). The molecule has 1 N–H and O–H groups in total. The lowest BCUT2D eigenvalue weighted by molar-refractivity contribution is 0.0694. The van der Waals surface area contributed by atoms with E-state index in [1.54, 1.807) is 31.8 Å². The minimum atomic E-state index is -0.932. The van der Waals surface area contributed by atoms with Crippen molar-refractivity contribution < 1.29 is 14.6 Å². The summed E-state index contributed by atoms with van der Waals surface area (Å²) in [5.74, 6) is -0.932. The van der Waals surface area contributed by atoms with E-state index in [0.29, 0.717) is 30.8 Å². The van der Waals surface area contributed by atoms with Gasteiger partial charge in [0.15, 0.2) is 0 Å². The van der Waals surface area contributed by atoms with Crippen LogP contribution < -0.4 is 0 Å². The fourth-order valence-corrected chi connectivity index (χ4v) is 2.96. The molecule has 0 amide bonds. The van der Waals surface area contributed by atoms with Gasteiger partial charge in [0.25, 0.3) is 0 Å². The summed E-state index contributed by atoms with van der Waals surface area (Å²) >= 11 is 0. The lowest BCUT2D eigenvalue weighted by Gasteiger charge is -2.29. The van der Waals surface area contributed by atoms with E-state index in [4.69, 9.17) is 4.74 Å². The summed E-state index contributed by atoms with van der Waals surface area (Å²) in [5, 5.41) is 9.70. The molecule has 0 bridgehead atoms. The SMILES string of the molecule is COCCN1CCc2c(cnc(-c3cccnc3)c2C(=O)O)C1. The Labute approximate surface area is 134 Å². The summed E-state index contributed by atoms with van der Waals surface area (Å²) in [6, 6.07) is 3.62. The van der Waals surface area contributed by atoms with E-state index in [-0.39, 0.29) is 0 Å². The minimum absolute atomic E-state index is 0.307. The van der Waals surface area contributed by atoms with Crippen molar-refractivity contribution in [2.75, 3.05) is 26.8 Å². The van der Waals surface area contributed by atoms with Gasteiger partial charge in [-0.1, -0.05) is 0 Å². The molecule has 0 saturated heterocycles. The normalized spacial score (nSPS) is 14.5. The number of hydrogen-bond donors (Lipinski definition) is 1. The zero-order valence-electron chi connectivity index (χ0n) is 13.0. The molecule has 0 aliphatic carbocycles. The van der Waals surface area contributed by atoms with E-state index < -0.39 is 5.97 Å². The molecule has 0 aromatic carbocycles. The topological polar surface area (TPSA) is 75.5 Å². The molecule has 23 heavy (non-hydrogen) atoms. The summed E-state index contributed by atoms with van der Waals surface area (Å²) in [7, 11) is 1.68. The van der Waals surface area contributed by atoms with Gasteiger partial charge in [-0.25, -0.2) is 4.79 Å². The largest absolute Gasteiger partial charge is 0.478 e. The molecule has 2 aromatic rings. The predicted octanol–water partition coefficient (Wildman–Crippen LogP) is 1.85. The van der Waals surface area contributed by atoms with Crippen LogP contribution in [0.3, 0.4) is 0 Å². The maximum Gasteiger partial charge on any atom is 0.338 e. The number of hydrogen-bond acceptors (Lipinski definition) is 5. The van der Waals surface area contributed by atoms with Gasteiger partial charge in [0.05, 0.1) is 17.9 Å². The first-order chi connectivity index (χ1) is 11.2. The van der Waals surface area contributed by atoms with E-state index in [1.807, 2.05) is 6.07 Å². The van der Waals surface area contributed by atoms with Crippen molar-refractivity contribution in [2.24, 2.45) is 0 Å². The van der Waals surface area contributed by atoms with Crippen LogP contribution in [0.2, 0.25) is 0 Å². The smallest absolute Gasteiger partial charge is 0.338 e. The monoisotopic (exact) mass is 313 g/mol. The molecule has 6 nitrogen and oxygen atoms in total. The molecule has 0 unspecified atom stereocenters. The third-order valence-electron chi connectivity index (χ3n) is 4.11. The Morgan fingerprint density at radius 1 is 1.43 bits per heavy atom. The van der Waals surface area contributed by atoms with Crippen LogP contribution in [0.25, 0.3) is 11.3 Å². The van der Waals surface area contributed by atoms with Gasteiger partial charge in [-0.2, -0.15) is 0 Å². The van der Waals surface area contributed by atoms with Crippen molar-refractivity contribution in [3.63, 3.8) is 0 Å². The van der Waals surface area contributed by atoms with Crippen LogP contribution in [-0.4, -0.2) is 52.7 Å². The molecule has 0 saturated carbocycles. The second-order valence-corrected chi connectivity index (χ2v) is 5.55. The molecule has 1 aliphatic rings. The average molecular weight is 313 g/mol. The number of ether oxygens (including phenoxy) is 1. The molecular formula is C17H19N3O3. The number of aromatic nitrogens is 2. The number of nitrogens with zero attached hydrogens (tertiary/aromatic N) is 3. The third-order valence-corrected chi connectivity index (χ3v) is 4.11. The Morgan fingerprint density at radius 3 is 3.00 bits per heavy atom. The molecule has 120 valence electrons. The number of aromatic carboxylic acids is 1. The number of pyridine rings is 2. The molecule has 1 aliphatic heterocycles. The van der Waals surface area contributed by atoms with Crippen molar-refractivity contribution in [3.05, 3.63) is 47.4 Å². The van der Waals surface area contributed by atoms with Crippen molar-refractivity contribution in [3.8, 4) is 11.3 Å². The van der Waals surface area contributed by atoms with Crippen LogP contribution in [-0.2, 0) is 17.7 Å². The Bertz CT molecular complexity index is 704. The van der Waals surface area contributed by atoms with Gasteiger partial charge < -0.3 is 9.84 Å². The Balaban J connectivity index is 1.99. The lowest BCUT2D eigenvalue weighted by Crippen LogP contribution is -2.34. The Hall–Kier alpha value is -2.31. The van der Waals surface area contributed by atoms with Gasteiger partial charge in [0.1, 0.15) is 0 Å². The zero-order valence-corrected chi connectivity index (χ0v) is 13.0. The number of rotatable bonds is 5. The van der Waals surface area contributed by atoms with E-state index in [2.05, 4.69) is 14.9 Å². The van der Waals surface area contributed by atoms with E-state index in [1.165, 1.54) is 0 Å². The Kier molecular flexibility index (Phi) is 4.64. The highest BCUT2D eigenvalue weighted by Gasteiger charge is 2.25.